The van der Waals surface area contributed by atoms with Gasteiger partial charge in [0, 0.05) is 5.56 Å². The number of nitrogens with zero attached hydrogens (tertiary/aromatic N) is 1. The second-order valence-corrected chi connectivity index (χ2v) is 7.11. The molecule has 0 saturated heterocycles. The Bertz CT molecular complexity index is 776. The number of benzene rings is 1. The van der Waals surface area contributed by atoms with E-state index in [0.29, 0.717) is 10.7 Å². The number of aromatic nitrogens is 2. The Morgan fingerprint density at radius 2 is 1.38 bits per heavy atom. The predicted molar refractivity (Wildman–Crippen MR) is 84.3 cm³/mol. The number of anilines is 1. The molecule has 0 aliphatic rings. The predicted octanol–water partition coefficient (Wildman–Crippen LogP) is 3.06. The first-order valence-electron chi connectivity index (χ1n) is 6.76. The Hall–Kier alpha value is -1.82. The number of rotatable bonds is 3. The van der Waals surface area contributed by atoms with Crippen LogP contribution in [0.3, 0.4) is 0 Å². The summed E-state index contributed by atoms with van der Waals surface area (Å²) in [5.41, 5.74) is 5.51. The number of hydrogen-bond donors (Lipinski definition) is 2. The summed E-state index contributed by atoms with van der Waals surface area (Å²) in [4.78, 5) is 0.358. The average molecular weight is 307 g/mol. The van der Waals surface area contributed by atoms with Crippen molar-refractivity contribution >= 4 is 15.8 Å². The van der Waals surface area contributed by atoms with Gasteiger partial charge in [-0.25, -0.2) is 8.42 Å². The Morgan fingerprint density at radius 3 is 1.81 bits per heavy atom. The summed E-state index contributed by atoms with van der Waals surface area (Å²) in [5, 5.41) is 6.51. The largest absolute Gasteiger partial charge is 0.263 e. The molecule has 5 nitrogen and oxygen atoms in total. The van der Waals surface area contributed by atoms with E-state index in [4.69, 9.17) is 0 Å². The van der Waals surface area contributed by atoms with Crippen LogP contribution in [0.25, 0.3) is 0 Å². The third-order valence-corrected chi connectivity index (χ3v) is 5.89. The lowest BCUT2D eigenvalue weighted by molar-refractivity contribution is 0.599. The Labute approximate surface area is 125 Å². The van der Waals surface area contributed by atoms with Crippen LogP contribution in [0.5, 0.6) is 0 Å². The summed E-state index contributed by atoms with van der Waals surface area (Å²) < 4.78 is 28.1. The number of H-pyrrole nitrogens is 1. The number of aryl methyl sites for hydroxylation is 1. The van der Waals surface area contributed by atoms with E-state index < -0.39 is 10.0 Å². The molecule has 1 aromatic heterocycles. The fourth-order valence-corrected chi connectivity index (χ4v) is 4.19. The molecule has 0 aliphatic carbocycles. The van der Waals surface area contributed by atoms with Crippen molar-refractivity contribution in [2.45, 2.75) is 46.4 Å². The minimum atomic E-state index is -3.65. The molecule has 21 heavy (non-hydrogen) atoms. The van der Waals surface area contributed by atoms with E-state index in [0.717, 1.165) is 33.4 Å². The van der Waals surface area contributed by atoms with E-state index in [9.17, 15) is 8.42 Å². The summed E-state index contributed by atoms with van der Waals surface area (Å²) >= 11 is 0. The summed E-state index contributed by atoms with van der Waals surface area (Å²) in [7, 11) is -3.65. The zero-order chi connectivity index (χ0) is 15.9. The number of aromatic amines is 1. The monoisotopic (exact) mass is 307 g/mol. The Balaban J connectivity index is 2.64. The maximum absolute atomic E-state index is 12.8. The fraction of sp³-hybridized carbons (Fsp3) is 0.400. The van der Waals surface area contributed by atoms with Gasteiger partial charge < -0.3 is 0 Å². The summed E-state index contributed by atoms with van der Waals surface area (Å²) in [6, 6.07) is 0. The van der Waals surface area contributed by atoms with Crippen molar-refractivity contribution in [1.29, 1.82) is 0 Å². The van der Waals surface area contributed by atoms with Crippen molar-refractivity contribution in [3.8, 4) is 0 Å². The zero-order valence-corrected chi connectivity index (χ0v) is 14.1. The molecule has 0 radical (unpaired) electrons. The topological polar surface area (TPSA) is 74.8 Å². The molecule has 0 spiro atoms. The first kappa shape index (κ1) is 15.6. The Kier molecular flexibility index (Phi) is 3.84. The van der Waals surface area contributed by atoms with Gasteiger partial charge in [-0.1, -0.05) is 0 Å². The normalized spacial score (nSPS) is 11.7. The van der Waals surface area contributed by atoms with E-state index in [1.807, 2.05) is 34.6 Å². The van der Waals surface area contributed by atoms with Gasteiger partial charge in [0.1, 0.15) is 5.82 Å². The molecule has 0 amide bonds. The smallest absolute Gasteiger partial charge is 0.263 e. The van der Waals surface area contributed by atoms with Gasteiger partial charge in [0.25, 0.3) is 10.0 Å². The zero-order valence-electron chi connectivity index (χ0n) is 13.2. The van der Waals surface area contributed by atoms with Gasteiger partial charge in [-0.15, -0.1) is 0 Å². The van der Waals surface area contributed by atoms with E-state index in [1.54, 1.807) is 13.1 Å². The molecule has 114 valence electrons. The molecule has 0 aliphatic heterocycles. The molecule has 0 saturated carbocycles. The maximum Gasteiger partial charge on any atom is 0.263 e. The third kappa shape index (κ3) is 2.55. The highest BCUT2D eigenvalue weighted by atomic mass is 32.2. The van der Waals surface area contributed by atoms with E-state index in [1.165, 1.54) is 0 Å². The van der Waals surface area contributed by atoms with Crippen LogP contribution in [0.4, 0.5) is 5.82 Å². The van der Waals surface area contributed by atoms with Crippen molar-refractivity contribution in [2.75, 3.05) is 4.72 Å². The number of nitrogens with one attached hydrogen (secondary N) is 2. The molecule has 2 rings (SSSR count). The highest BCUT2D eigenvalue weighted by Crippen LogP contribution is 2.30. The standard InChI is InChI=1S/C15H21N3O2S/c1-8-7-16-17-15(8)18-21(19,20)14-12(5)10(3)9(2)11(4)13(14)6/h7H,1-6H3,(H2,16,17,18). The highest BCUT2D eigenvalue weighted by molar-refractivity contribution is 7.92. The van der Waals surface area contributed by atoms with Crippen molar-refractivity contribution in [1.82, 2.24) is 10.2 Å². The average Bonchev–Trinajstić information content (AvgIpc) is 2.79. The molecule has 0 bridgehead atoms. The molecule has 1 heterocycles. The second-order valence-electron chi connectivity index (χ2n) is 5.49. The van der Waals surface area contributed by atoms with Gasteiger partial charge >= 0.3 is 0 Å². The van der Waals surface area contributed by atoms with Crippen LogP contribution in [0, 0.1) is 41.5 Å². The lowest BCUT2D eigenvalue weighted by Crippen LogP contribution is -2.18. The van der Waals surface area contributed by atoms with Gasteiger partial charge in [0.2, 0.25) is 0 Å². The summed E-state index contributed by atoms with van der Waals surface area (Å²) in [6.07, 6.45) is 1.59. The minimum Gasteiger partial charge on any atom is -0.263 e. The number of hydrogen-bond acceptors (Lipinski definition) is 3. The third-order valence-electron chi connectivity index (χ3n) is 4.27. The molecule has 6 heteroatoms. The highest BCUT2D eigenvalue weighted by Gasteiger charge is 2.24. The minimum absolute atomic E-state index is 0.358. The van der Waals surface area contributed by atoms with E-state index in [-0.39, 0.29) is 0 Å². The molecule has 2 aromatic rings. The molecular weight excluding hydrogens is 286 g/mol. The van der Waals surface area contributed by atoms with E-state index >= 15 is 0 Å². The molecule has 1 aromatic carbocycles. The summed E-state index contributed by atoms with van der Waals surface area (Å²) in [6.45, 7) is 11.4. The van der Waals surface area contributed by atoms with Crippen molar-refractivity contribution in [3.63, 3.8) is 0 Å². The van der Waals surface area contributed by atoms with Gasteiger partial charge in [-0.2, -0.15) is 5.10 Å². The van der Waals surface area contributed by atoms with Gasteiger partial charge in [-0.3, -0.25) is 9.82 Å². The van der Waals surface area contributed by atoms with Crippen LogP contribution in [-0.4, -0.2) is 18.6 Å². The van der Waals surface area contributed by atoms with Gasteiger partial charge in [0.05, 0.1) is 11.1 Å². The molecule has 0 unspecified atom stereocenters. The van der Waals surface area contributed by atoms with Crippen LogP contribution >= 0.6 is 0 Å². The van der Waals surface area contributed by atoms with Gasteiger partial charge in [-0.05, 0) is 69.4 Å². The maximum atomic E-state index is 12.8. The van der Waals surface area contributed by atoms with Gasteiger partial charge in [0.15, 0.2) is 0 Å². The van der Waals surface area contributed by atoms with Crippen molar-refractivity contribution in [3.05, 3.63) is 39.6 Å². The quantitative estimate of drug-likeness (QED) is 0.915. The van der Waals surface area contributed by atoms with Crippen LogP contribution < -0.4 is 4.72 Å². The molecule has 2 N–H and O–H groups in total. The SMILES string of the molecule is Cc1cn[nH]c1NS(=O)(=O)c1c(C)c(C)c(C)c(C)c1C. The lowest BCUT2D eigenvalue weighted by Gasteiger charge is -2.19. The van der Waals surface area contributed by atoms with Crippen molar-refractivity contribution < 1.29 is 8.42 Å². The number of sulfonamides is 1. The lowest BCUT2D eigenvalue weighted by atomic mass is 9.95. The van der Waals surface area contributed by atoms with Crippen LogP contribution in [-0.2, 0) is 10.0 Å². The van der Waals surface area contributed by atoms with Crippen LogP contribution in [0.1, 0.15) is 33.4 Å². The molecular formula is C15H21N3O2S. The Morgan fingerprint density at radius 1 is 0.905 bits per heavy atom. The van der Waals surface area contributed by atoms with E-state index in [2.05, 4.69) is 14.9 Å². The second kappa shape index (κ2) is 5.18. The first-order valence-corrected chi connectivity index (χ1v) is 8.25. The first-order chi connectivity index (χ1) is 9.66. The fourth-order valence-electron chi connectivity index (χ4n) is 2.50. The van der Waals surface area contributed by atoms with Crippen LogP contribution in [0.15, 0.2) is 11.1 Å². The molecule has 0 atom stereocenters. The van der Waals surface area contributed by atoms with Crippen LogP contribution in [0.2, 0.25) is 0 Å². The van der Waals surface area contributed by atoms with Crippen molar-refractivity contribution in [2.24, 2.45) is 0 Å². The molecule has 0 fully saturated rings. The summed E-state index contributed by atoms with van der Waals surface area (Å²) in [5.74, 6) is 0.407.